The summed E-state index contributed by atoms with van der Waals surface area (Å²) in [6, 6.07) is 6.36. The van der Waals surface area contributed by atoms with Crippen LogP contribution in [-0.4, -0.2) is 28.4 Å². The normalized spacial score (nSPS) is 24.0. The number of rotatable bonds is 2. The number of aliphatic hydroxyl groups is 1. The molecule has 26 heavy (non-hydrogen) atoms. The van der Waals surface area contributed by atoms with Gasteiger partial charge in [0.15, 0.2) is 0 Å². The fourth-order valence-electron chi connectivity index (χ4n) is 3.13. The zero-order chi connectivity index (χ0) is 19.3. The molecule has 1 aliphatic carbocycles. The number of benzene rings is 1. The summed E-state index contributed by atoms with van der Waals surface area (Å²) in [7, 11) is 0. The summed E-state index contributed by atoms with van der Waals surface area (Å²) in [6.07, 6.45) is 6.29. The molecule has 142 valence electrons. The molecule has 1 aromatic carbocycles. The average Bonchev–Trinajstić information content (AvgIpc) is 2.58. The van der Waals surface area contributed by atoms with E-state index in [4.69, 9.17) is 4.74 Å². The molecule has 0 bridgehead atoms. The summed E-state index contributed by atoms with van der Waals surface area (Å²) >= 11 is 0. The lowest BCUT2D eigenvalue weighted by Crippen LogP contribution is -2.29. The van der Waals surface area contributed by atoms with E-state index in [2.05, 4.69) is 26.8 Å². The minimum absolute atomic E-state index is 0.0938. The van der Waals surface area contributed by atoms with E-state index in [1.165, 1.54) is 11.6 Å². The first-order valence-electron chi connectivity index (χ1n) is 9.21. The number of aromatic hydroxyl groups is 1. The maximum Gasteiger partial charge on any atom is 0.342 e. The van der Waals surface area contributed by atoms with E-state index in [0.717, 1.165) is 24.8 Å². The predicted molar refractivity (Wildman–Crippen MR) is 103 cm³/mol. The topological polar surface area (TPSA) is 66.8 Å². The van der Waals surface area contributed by atoms with Gasteiger partial charge in [-0.2, -0.15) is 0 Å². The molecule has 0 radical (unpaired) electrons. The Labute approximate surface area is 156 Å². The Bertz CT molecular complexity index is 700. The van der Waals surface area contributed by atoms with E-state index < -0.39 is 18.2 Å². The minimum Gasteiger partial charge on any atom is -0.507 e. The van der Waals surface area contributed by atoms with Crippen LogP contribution in [0, 0.1) is 5.41 Å². The molecule has 0 saturated heterocycles. The van der Waals surface area contributed by atoms with Crippen LogP contribution in [0.3, 0.4) is 0 Å². The molecule has 4 heteroatoms. The molecule has 4 nitrogen and oxygen atoms in total. The monoisotopic (exact) mass is 358 g/mol. The van der Waals surface area contributed by atoms with Crippen LogP contribution in [0.4, 0.5) is 0 Å². The van der Waals surface area contributed by atoms with Crippen LogP contribution in [-0.2, 0) is 4.74 Å². The van der Waals surface area contributed by atoms with Gasteiger partial charge in [-0.15, -0.1) is 0 Å². The lowest BCUT2D eigenvalue weighted by atomic mass is 9.80. The van der Waals surface area contributed by atoms with Crippen molar-refractivity contribution in [2.75, 3.05) is 0 Å². The number of esters is 1. The highest BCUT2D eigenvalue weighted by molar-refractivity contribution is 5.92. The molecule has 2 atom stereocenters. The quantitative estimate of drug-likeness (QED) is 0.590. The maximum absolute atomic E-state index is 12.5. The van der Waals surface area contributed by atoms with Gasteiger partial charge in [0, 0.05) is 6.42 Å². The van der Waals surface area contributed by atoms with E-state index >= 15 is 0 Å². The lowest BCUT2D eigenvalue weighted by molar-refractivity contribution is 0.0365. The van der Waals surface area contributed by atoms with Crippen LogP contribution in [0.2, 0.25) is 0 Å². The summed E-state index contributed by atoms with van der Waals surface area (Å²) in [5.41, 5.74) is 1.99. The molecule has 0 aliphatic heterocycles. The molecule has 0 saturated carbocycles. The van der Waals surface area contributed by atoms with Crippen LogP contribution in [0.1, 0.15) is 63.7 Å². The van der Waals surface area contributed by atoms with E-state index in [9.17, 15) is 15.0 Å². The highest BCUT2D eigenvalue weighted by atomic mass is 16.5. The molecule has 2 rings (SSSR count). The number of allylic oxidation sites excluding steroid dienone is 1. The van der Waals surface area contributed by atoms with E-state index in [0.29, 0.717) is 6.42 Å². The highest BCUT2D eigenvalue weighted by Gasteiger charge is 2.28. The first-order chi connectivity index (χ1) is 12.2. The summed E-state index contributed by atoms with van der Waals surface area (Å²) in [4.78, 5) is 12.5. The first-order valence-corrected chi connectivity index (χ1v) is 9.21. The van der Waals surface area contributed by atoms with Crippen LogP contribution in [0.15, 0.2) is 47.6 Å². The third kappa shape index (κ3) is 5.21. The van der Waals surface area contributed by atoms with Gasteiger partial charge in [0.25, 0.3) is 0 Å². The van der Waals surface area contributed by atoms with Crippen LogP contribution in [0.5, 0.6) is 5.75 Å². The van der Waals surface area contributed by atoms with Gasteiger partial charge in [-0.1, -0.05) is 43.7 Å². The molecule has 0 spiro atoms. The van der Waals surface area contributed by atoms with Crippen molar-refractivity contribution in [2.24, 2.45) is 5.41 Å². The number of phenolic OH excluding ortho intramolecular Hbond substituents is 1. The number of carbonyl (C=O) groups excluding carboxylic acids is 1. The number of carbonyl (C=O) groups is 1. The van der Waals surface area contributed by atoms with Crippen molar-refractivity contribution in [1.29, 1.82) is 0 Å². The molecule has 0 heterocycles. The smallest absolute Gasteiger partial charge is 0.342 e. The van der Waals surface area contributed by atoms with E-state index in [-0.39, 0.29) is 16.7 Å². The standard InChI is InChI=1S/C22H30O4/c1-15-8-7-13-22(3,4)20(24)14-16(2)19(12-11-15)26-21(25)17-9-5-6-10-18(17)23/h5-6,9-11,14,19-20,23-24H,7-8,12-13H2,1-4H3. The Kier molecular flexibility index (Phi) is 6.65. The number of aliphatic hydroxyl groups excluding tert-OH is 1. The van der Waals surface area contributed by atoms with Crippen molar-refractivity contribution in [3.8, 4) is 5.75 Å². The molecule has 2 N–H and O–H groups in total. The third-order valence-corrected chi connectivity index (χ3v) is 5.18. The molecule has 1 aliphatic rings. The van der Waals surface area contributed by atoms with Gasteiger partial charge >= 0.3 is 5.97 Å². The molecule has 0 aromatic heterocycles. The van der Waals surface area contributed by atoms with Gasteiger partial charge in [0.1, 0.15) is 17.4 Å². The molecule has 0 amide bonds. The Morgan fingerprint density at radius 1 is 1.23 bits per heavy atom. The highest BCUT2D eigenvalue weighted by Crippen LogP contribution is 2.32. The summed E-state index contributed by atoms with van der Waals surface area (Å²) in [5.74, 6) is -0.654. The SMILES string of the molecule is CC1=CCC(OC(=O)c2ccccc2O)C(C)=CC(O)C(C)(C)CCC1. The van der Waals surface area contributed by atoms with Gasteiger partial charge in [-0.3, -0.25) is 0 Å². The predicted octanol–water partition coefficient (Wildman–Crippen LogP) is 4.77. The van der Waals surface area contributed by atoms with Gasteiger partial charge < -0.3 is 14.9 Å². The number of hydrogen-bond donors (Lipinski definition) is 2. The molecule has 0 fully saturated rings. The number of hydrogen-bond acceptors (Lipinski definition) is 4. The van der Waals surface area contributed by atoms with Crippen molar-refractivity contribution in [2.45, 2.75) is 65.6 Å². The second kappa shape index (κ2) is 8.54. The van der Waals surface area contributed by atoms with Gasteiger partial charge in [0.2, 0.25) is 0 Å². The van der Waals surface area contributed by atoms with Gasteiger partial charge in [0.05, 0.1) is 6.10 Å². The lowest BCUT2D eigenvalue weighted by Gasteiger charge is -2.29. The van der Waals surface area contributed by atoms with Crippen LogP contribution >= 0.6 is 0 Å². The Morgan fingerprint density at radius 3 is 2.62 bits per heavy atom. The largest absolute Gasteiger partial charge is 0.507 e. The first kappa shape index (κ1) is 20.2. The molecule has 1 aromatic rings. The number of phenols is 1. The van der Waals surface area contributed by atoms with Crippen LogP contribution < -0.4 is 0 Å². The van der Waals surface area contributed by atoms with Crippen LogP contribution in [0.25, 0.3) is 0 Å². The van der Waals surface area contributed by atoms with Gasteiger partial charge in [-0.25, -0.2) is 4.79 Å². The number of para-hydroxylation sites is 1. The minimum atomic E-state index is -0.604. The average molecular weight is 358 g/mol. The third-order valence-electron chi connectivity index (χ3n) is 5.18. The molecular weight excluding hydrogens is 328 g/mol. The summed E-state index contributed by atoms with van der Waals surface area (Å²) in [5, 5.41) is 20.5. The number of ether oxygens (including phenoxy) is 1. The molecule has 2 unspecified atom stereocenters. The molecular formula is C22H30O4. The second-order valence-electron chi connectivity index (χ2n) is 7.89. The summed E-state index contributed by atoms with van der Waals surface area (Å²) in [6.45, 7) is 8.08. The van der Waals surface area contributed by atoms with Gasteiger partial charge in [-0.05, 0) is 56.2 Å². The van der Waals surface area contributed by atoms with Crippen molar-refractivity contribution in [3.63, 3.8) is 0 Å². The van der Waals surface area contributed by atoms with E-state index in [1.54, 1.807) is 24.3 Å². The Hall–Kier alpha value is -2.07. The fraction of sp³-hybridized carbons (Fsp3) is 0.500. The maximum atomic E-state index is 12.5. The zero-order valence-electron chi connectivity index (χ0n) is 16.2. The van der Waals surface area contributed by atoms with Crippen molar-refractivity contribution >= 4 is 5.97 Å². The Morgan fingerprint density at radius 2 is 1.92 bits per heavy atom. The zero-order valence-corrected chi connectivity index (χ0v) is 16.2. The van der Waals surface area contributed by atoms with Crippen molar-refractivity contribution in [3.05, 3.63) is 53.1 Å². The van der Waals surface area contributed by atoms with Crippen molar-refractivity contribution in [1.82, 2.24) is 0 Å². The van der Waals surface area contributed by atoms with E-state index in [1.807, 2.05) is 6.92 Å². The van der Waals surface area contributed by atoms with Crippen molar-refractivity contribution < 1.29 is 19.7 Å². The Balaban J connectivity index is 2.28. The summed E-state index contributed by atoms with van der Waals surface area (Å²) < 4.78 is 5.69. The fourth-order valence-corrected chi connectivity index (χ4v) is 3.13. The second-order valence-corrected chi connectivity index (χ2v) is 7.89.